The van der Waals surface area contributed by atoms with E-state index in [2.05, 4.69) is 5.32 Å². The first-order valence-corrected chi connectivity index (χ1v) is 5.46. The van der Waals surface area contributed by atoms with E-state index in [0.717, 1.165) is 0 Å². The van der Waals surface area contributed by atoms with Crippen LogP contribution in [-0.4, -0.2) is 31.7 Å². The van der Waals surface area contributed by atoms with Crippen molar-refractivity contribution in [3.8, 4) is 0 Å². The molecule has 0 atom stereocenters. The van der Waals surface area contributed by atoms with Gasteiger partial charge in [-0.15, -0.1) is 0 Å². The third kappa shape index (κ3) is 2.15. The second kappa shape index (κ2) is 4.53. The van der Waals surface area contributed by atoms with Gasteiger partial charge in [-0.05, 0) is 12.1 Å². The van der Waals surface area contributed by atoms with Crippen LogP contribution >= 0.6 is 11.6 Å². The van der Waals surface area contributed by atoms with E-state index in [-0.39, 0.29) is 10.6 Å². The number of hydrogen-bond acceptors (Lipinski definition) is 3. The standard InChI is InChI=1S/C11H9ClF2N2O2/c1-16(4-9(13)14)8-3-7-5(2-6(8)12)10(17)11(18)15-7/h2-3,9H,4H2,1H3,(H,15,17,18). The summed E-state index contributed by atoms with van der Waals surface area (Å²) in [6, 6.07) is 2.73. The molecule has 1 aliphatic rings. The summed E-state index contributed by atoms with van der Waals surface area (Å²) in [4.78, 5) is 23.8. The lowest BCUT2D eigenvalue weighted by Crippen LogP contribution is -2.24. The lowest BCUT2D eigenvalue weighted by Gasteiger charge is -2.20. The summed E-state index contributed by atoms with van der Waals surface area (Å²) in [6.45, 7) is -0.486. The molecule has 1 N–H and O–H groups in total. The predicted molar refractivity (Wildman–Crippen MR) is 63.7 cm³/mol. The Labute approximate surface area is 107 Å². The van der Waals surface area contributed by atoms with Crippen molar-refractivity contribution in [1.29, 1.82) is 0 Å². The molecule has 96 valence electrons. The Morgan fingerprint density at radius 2 is 2.06 bits per heavy atom. The van der Waals surface area contributed by atoms with Crippen molar-refractivity contribution in [3.05, 3.63) is 22.7 Å². The van der Waals surface area contributed by atoms with Gasteiger partial charge in [0.2, 0.25) is 0 Å². The maximum Gasteiger partial charge on any atom is 0.296 e. The summed E-state index contributed by atoms with van der Waals surface area (Å²) < 4.78 is 24.6. The molecule has 0 spiro atoms. The molecule has 0 aliphatic carbocycles. The van der Waals surface area contributed by atoms with Gasteiger partial charge in [0.05, 0.1) is 28.5 Å². The van der Waals surface area contributed by atoms with E-state index in [1.165, 1.54) is 24.1 Å². The monoisotopic (exact) mass is 274 g/mol. The quantitative estimate of drug-likeness (QED) is 0.860. The topological polar surface area (TPSA) is 49.4 Å². The van der Waals surface area contributed by atoms with Crippen molar-refractivity contribution >= 4 is 34.7 Å². The van der Waals surface area contributed by atoms with Crippen molar-refractivity contribution in [2.24, 2.45) is 0 Å². The zero-order chi connectivity index (χ0) is 13.4. The molecule has 0 fully saturated rings. The van der Waals surface area contributed by atoms with Crippen LogP contribution in [0.15, 0.2) is 12.1 Å². The second-order valence-electron chi connectivity index (χ2n) is 3.90. The smallest absolute Gasteiger partial charge is 0.296 e. The summed E-state index contributed by atoms with van der Waals surface area (Å²) in [5, 5.41) is 2.52. The summed E-state index contributed by atoms with van der Waals surface area (Å²) >= 11 is 5.92. The second-order valence-corrected chi connectivity index (χ2v) is 4.31. The predicted octanol–water partition coefficient (Wildman–Crippen LogP) is 2.18. The molecule has 1 heterocycles. The number of nitrogens with one attached hydrogen (secondary N) is 1. The van der Waals surface area contributed by atoms with Crippen molar-refractivity contribution in [2.75, 3.05) is 23.8 Å². The molecule has 0 aromatic heterocycles. The average Bonchev–Trinajstić information content (AvgIpc) is 2.53. The normalized spacial score (nSPS) is 13.8. The minimum absolute atomic E-state index is 0.154. The molecular formula is C11H9ClF2N2O2. The highest BCUT2D eigenvalue weighted by molar-refractivity contribution is 6.52. The Morgan fingerprint density at radius 3 is 2.67 bits per heavy atom. The first kappa shape index (κ1) is 12.8. The van der Waals surface area contributed by atoms with Crippen LogP contribution in [-0.2, 0) is 4.79 Å². The molecule has 1 amide bonds. The highest BCUT2D eigenvalue weighted by Gasteiger charge is 2.29. The van der Waals surface area contributed by atoms with Gasteiger partial charge in [-0.1, -0.05) is 11.6 Å². The summed E-state index contributed by atoms with van der Waals surface area (Å²) in [6.07, 6.45) is -2.50. The molecule has 2 rings (SSSR count). The van der Waals surface area contributed by atoms with Crippen LogP contribution in [0.1, 0.15) is 10.4 Å². The molecule has 18 heavy (non-hydrogen) atoms. The number of benzene rings is 1. The van der Waals surface area contributed by atoms with E-state index >= 15 is 0 Å². The van der Waals surface area contributed by atoms with Gasteiger partial charge in [-0.2, -0.15) is 0 Å². The number of rotatable bonds is 3. The van der Waals surface area contributed by atoms with E-state index in [1.54, 1.807) is 0 Å². The van der Waals surface area contributed by atoms with Crippen molar-refractivity contribution in [3.63, 3.8) is 0 Å². The van der Waals surface area contributed by atoms with E-state index < -0.39 is 24.7 Å². The van der Waals surface area contributed by atoms with Crippen LogP contribution in [0.25, 0.3) is 0 Å². The van der Waals surface area contributed by atoms with Gasteiger partial charge < -0.3 is 10.2 Å². The third-order valence-electron chi connectivity index (χ3n) is 2.61. The number of alkyl halides is 2. The minimum atomic E-state index is -2.50. The van der Waals surface area contributed by atoms with E-state index in [9.17, 15) is 18.4 Å². The highest BCUT2D eigenvalue weighted by atomic mass is 35.5. The largest absolute Gasteiger partial charge is 0.368 e. The number of carbonyl (C=O) groups excluding carboxylic acids is 2. The van der Waals surface area contributed by atoms with Gasteiger partial charge >= 0.3 is 0 Å². The Morgan fingerprint density at radius 1 is 1.39 bits per heavy atom. The van der Waals surface area contributed by atoms with Gasteiger partial charge in [-0.25, -0.2) is 8.78 Å². The zero-order valence-electron chi connectivity index (χ0n) is 9.34. The molecule has 0 unspecified atom stereocenters. The van der Waals surface area contributed by atoms with Crippen LogP contribution in [0.4, 0.5) is 20.2 Å². The van der Waals surface area contributed by atoms with Crippen LogP contribution in [0.2, 0.25) is 5.02 Å². The summed E-state index contributed by atoms with van der Waals surface area (Å²) in [5.74, 6) is -1.41. The van der Waals surface area contributed by atoms with E-state index in [0.29, 0.717) is 11.4 Å². The van der Waals surface area contributed by atoms with E-state index in [1.807, 2.05) is 0 Å². The maximum atomic E-state index is 12.3. The lowest BCUT2D eigenvalue weighted by molar-refractivity contribution is -0.112. The number of anilines is 2. The molecule has 0 saturated heterocycles. The molecule has 0 bridgehead atoms. The Bertz CT molecular complexity index is 534. The first-order chi connectivity index (χ1) is 8.40. The number of Topliss-reactive ketones (excluding diaryl/α,β-unsaturated/α-hetero) is 1. The van der Waals surface area contributed by atoms with Crippen molar-refractivity contribution in [1.82, 2.24) is 0 Å². The van der Waals surface area contributed by atoms with Crippen LogP contribution in [0.5, 0.6) is 0 Å². The van der Waals surface area contributed by atoms with Gasteiger partial charge in [0, 0.05) is 7.05 Å². The zero-order valence-corrected chi connectivity index (χ0v) is 10.1. The maximum absolute atomic E-state index is 12.3. The number of hydrogen-bond donors (Lipinski definition) is 1. The fraction of sp³-hybridized carbons (Fsp3) is 0.273. The molecule has 1 aliphatic heterocycles. The molecule has 1 aromatic rings. The molecule has 4 nitrogen and oxygen atoms in total. The molecule has 7 heteroatoms. The number of carbonyl (C=O) groups is 2. The fourth-order valence-electron chi connectivity index (χ4n) is 1.75. The molecular weight excluding hydrogens is 266 g/mol. The van der Waals surface area contributed by atoms with Crippen LogP contribution in [0.3, 0.4) is 0 Å². The fourth-order valence-corrected chi connectivity index (χ4v) is 2.06. The van der Waals surface area contributed by atoms with Crippen LogP contribution in [0, 0.1) is 0 Å². The third-order valence-corrected chi connectivity index (χ3v) is 2.91. The highest BCUT2D eigenvalue weighted by Crippen LogP contribution is 2.34. The number of fused-ring (bicyclic) bond motifs is 1. The Hall–Kier alpha value is -1.69. The number of amides is 1. The van der Waals surface area contributed by atoms with Crippen molar-refractivity contribution in [2.45, 2.75) is 6.43 Å². The van der Waals surface area contributed by atoms with Gasteiger partial charge in [0.15, 0.2) is 0 Å². The Balaban J connectivity index is 2.38. The summed E-state index contributed by atoms with van der Waals surface area (Å²) in [5.41, 5.74) is 0.801. The minimum Gasteiger partial charge on any atom is -0.368 e. The molecule has 0 saturated carbocycles. The number of nitrogens with zero attached hydrogens (tertiary/aromatic N) is 1. The summed E-state index contributed by atoms with van der Waals surface area (Å²) in [7, 11) is 1.46. The van der Waals surface area contributed by atoms with E-state index in [4.69, 9.17) is 11.6 Å². The molecule has 1 aromatic carbocycles. The van der Waals surface area contributed by atoms with Gasteiger partial charge in [0.25, 0.3) is 18.1 Å². The number of ketones is 1. The SMILES string of the molecule is CN(CC(F)F)c1cc2c(cc1Cl)C(=O)C(=O)N2. The Kier molecular flexibility index (Phi) is 3.21. The van der Waals surface area contributed by atoms with Gasteiger partial charge in [-0.3, -0.25) is 9.59 Å². The lowest BCUT2D eigenvalue weighted by atomic mass is 10.1. The number of halogens is 3. The van der Waals surface area contributed by atoms with Crippen LogP contribution < -0.4 is 10.2 Å². The first-order valence-electron chi connectivity index (χ1n) is 5.08. The van der Waals surface area contributed by atoms with Gasteiger partial charge in [0.1, 0.15) is 0 Å². The average molecular weight is 275 g/mol. The van der Waals surface area contributed by atoms with Crippen molar-refractivity contribution < 1.29 is 18.4 Å². The molecule has 0 radical (unpaired) electrons.